The maximum Gasteiger partial charge on any atom is 0.319 e. The van der Waals surface area contributed by atoms with Gasteiger partial charge in [-0.15, -0.1) is 0 Å². The number of rotatable bonds is 6. The first-order valence-electron chi connectivity index (χ1n) is 7.16. The maximum atomic E-state index is 11.8. The number of para-hydroxylation sites is 2. The molecule has 0 unspecified atom stereocenters. The molecule has 1 saturated heterocycles. The number of carbonyl (C=O) groups is 2. The van der Waals surface area contributed by atoms with E-state index in [-0.39, 0.29) is 11.9 Å². The monoisotopic (exact) mass is 291 g/mol. The Balaban J connectivity index is 1.69. The second-order valence-electron chi connectivity index (χ2n) is 4.92. The van der Waals surface area contributed by atoms with Crippen molar-refractivity contribution in [2.24, 2.45) is 0 Å². The van der Waals surface area contributed by atoms with Crippen LogP contribution in [0.2, 0.25) is 0 Å². The summed E-state index contributed by atoms with van der Waals surface area (Å²) >= 11 is 0. The number of methoxy groups -OCH3 is 1. The Morgan fingerprint density at radius 1 is 1.38 bits per heavy atom. The largest absolute Gasteiger partial charge is 0.495 e. The first kappa shape index (κ1) is 15.2. The Morgan fingerprint density at radius 2 is 2.19 bits per heavy atom. The predicted molar refractivity (Wildman–Crippen MR) is 80.4 cm³/mol. The first-order chi connectivity index (χ1) is 10.2. The number of hydrogen-bond donors (Lipinski definition) is 2. The average Bonchev–Trinajstić information content (AvgIpc) is 2.89. The van der Waals surface area contributed by atoms with E-state index < -0.39 is 0 Å². The summed E-state index contributed by atoms with van der Waals surface area (Å²) in [5, 5.41) is 5.52. The van der Waals surface area contributed by atoms with Crippen molar-refractivity contribution < 1.29 is 14.3 Å². The lowest BCUT2D eigenvalue weighted by Gasteiger charge is -2.15. The minimum absolute atomic E-state index is 0.216. The third-order valence-electron chi connectivity index (χ3n) is 3.42. The van der Waals surface area contributed by atoms with Crippen molar-refractivity contribution in [3.8, 4) is 5.75 Å². The van der Waals surface area contributed by atoms with Gasteiger partial charge in [-0.1, -0.05) is 12.1 Å². The summed E-state index contributed by atoms with van der Waals surface area (Å²) in [6.07, 6.45) is 2.35. The normalized spacial score (nSPS) is 14.1. The van der Waals surface area contributed by atoms with E-state index in [1.807, 2.05) is 17.0 Å². The molecule has 1 heterocycles. The fourth-order valence-electron chi connectivity index (χ4n) is 2.33. The zero-order valence-corrected chi connectivity index (χ0v) is 12.2. The molecule has 2 rings (SSSR count). The van der Waals surface area contributed by atoms with Gasteiger partial charge in [-0.05, 0) is 25.0 Å². The van der Waals surface area contributed by atoms with Crippen LogP contribution in [-0.2, 0) is 4.79 Å². The summed E-state index contributed by atoms with van der Waals surface area (Å²) < 4.78 is 5.16. The summed E-state index contributed by atoms with van der Waals surface area (Å²) in [6, 6.07) is 6.97. The molecule has 1 aliphatic rings. The van der Waals surface area contributed by atoms with Crippen molar-refractivity contribution in [3.05, 3.63) is 24.3 Å². The van der Waals surface area contributed by atoms with Crippen LogP contribution in [0.4, 0.5) is 10.5 Å². The molecule has 0 aromatic heterocycles. The summed E-state index contributed by atoms with van der Waals surface area (Å²) in [4.78, 5) is 25.1. The molecule has 21 heavy (non-hydrogen) atoms. The number of nitrogens with zero attached hydrogens (tertiary/aromatic N) is 1. The van der Waals surface area contributed by atoms with Gasteiger partial charge in [0, 0.05) is 26.1 Å². The first-order valence-corrected chi connectivity index (χ1v) is 7.16. The van der Waals surface area contributed by atoms with Crippen molar-refractivity contribution in [1.82, 2.24) is 10.2 Å². The van der Waals surface area contributed by atoms with Crippen molar-refractivity contribution in [3.63, 3.8) is 0 Å². The molecule has 114 valence electrons. The lowest BCUT2D eigenvalue weighted by atomic mass is 10.3. The molecule has 0 saturated carbocycles. The molecule has 0 spiro atoms. The van der Waals surface area contributed by atoms with Crippen LogP contribution >= 0.6 is 0 Å². The van der Waals surface area contributed by atoms with Crippen LogP contribution in [0.5, 0.6) is 5.75 Å². The second kappa shape index (κ2) is 7.52. The number of hydrogen-bond acceptors (Lipinski definition) is 3. The quantitative estimate of drug-likeness (QED) is 0.786. The van der Waals surface area contributed by atoms with Crippen LogP contribution in [-0.4, -0.2) is 43.6 Å². The van der Waals surface area contributed by atoms with Gasteiger partial charge in [0.1, 0.15) is 5.75 Å². The molecular formula is C15H21N3O3. The fourth-order valence-corrected chi connectivity index (χ4v) is 2.33. The van der Waals surface area contributed by atoms with Gasteiger partial charge in [0.15, 0.2) is 0 Å². The van der Waals surface area contributed by atoms with E-state index in [4.69, 9.17) is 4.74 Å². The number of urea groups is 1. The van der Waals surface area contributed by atoms with Crippen LogP contribution in [0.15, 0.2) is 24.3 Å². The SMILES string of the molecule is COc1ccccc1NC(=O)NCCCN1CCCC1=O. The van der Waals surface area contributed by atoms with Gasteiger partial charge < -0.3 is 20.3 Å². The topological polar surface area (TPSA) is 70.7 Å². The van der Waals surface area contributed by atoms with E-state index >= 15 is 0 Å². The Labute approximate surface area is 124 Å². The van der Waals surface area contributed by atoms with Crippen LogP contribution in [0.25, 0.3) is 0 Å². The average molecular weight is 291 g/mol. The Kier molecular flexibility index (Phi) is 5.43. The summed E-state index contributed by atoms with van der Waals surface area (Å²) in [6.45, 7) is 2.07. The number of likely N-dealkylation sites (tertiary alicyclic amines) is 1. The van der Waals surface area contributed by atoms with Crippen LogP contribution < -0.4 is 15.4 Å². The highest BCUT2D eigenvalue weighted by Crippen LogP contribution is 2.22. The predicted octanol–water partition coefficient (Wildman–Crippen LogP) is 1.83. The van der Waals surface area contributed by atoms with E-state index in [1.54, 1.807) is 19.2 Å². The summed E-state index contributed by atoms with van der Waals surface area (Å²) in [7, 11) is 1.56. The third-order valence-corrected chi connectivity index (χ3v) is 3.42. The van der Waals surface area contributed by atoms with E-state index in [2.05, 4.69) is 10.6 Å². The highest BCUT2D eigenvalue weighted by molar-refractivity contribution is 5.90. The molecule has 0 radical (unpaired) electrons. The third kappa shape index (κ3) is 4.37. The van der Waals surface area contributed by atoms with E-state index in [1.165, 1.54) is 0 Å². The van der Waals surface area contributed by atoms with Crippen LogP contribution in [0, 0.1) is 0 Å². The van der Waals surface area contributed by atoms with E-state index in [0.717, 1.165) is 19.4 Å². The molecule has 1 aromatic rings. The molecule has 6 nitrogen and oxygen atoms in total. The van der Waals surface area contributed by atoms with Gasteiger partial charge in [-0.2, -0.15) is 0 Å². The number of benzene rings is 1. The van der Waals surface area contributed by atoms with Crippen molar-refractivity contribution >= 4 is 17.6 Å². The maximum absolute atomic E-state index is 11.8. The molecule has 0 atom stereocenters. The number of anilines is 1. The fraction of sp³-hybridized carbons (Fsp3) is 0.467. The van der Waals surface area contributed by atoms with E-state index in [0.29, 0.717) is 30.9 Å². The molecule has 1 aliphatic heterocycles. The van der Waals surface area contributed by atoms with Crippen molar-refractivity contribution in [2.75, 3.05) is 32.1 Å². The Morgan fingerprint density at radius 3 is 2.90 bits per heavy atom. The molecule has 1 aromatic carbocycles. The Bertz CT molecular complexity index is 505. The Hall–Kier alpha value is -2.24. The highest BCUT2D eigenvalue weighted by Gasteiger charge is 2.19. The number of nitrogens with one attached hydrogen (secondary N) is 2. The zero-order valence-electron chi connectivity index (χ0n) is 12.2. The highest BCUT2D eigenvalue weighted by atomic mass is 16.5. The second-order valence-corrected chi connectivity index (χ2v) is 4.92. The molecular weight excluding hydrogens is 270 g/mol. The van der Waals surface area contributed by atoms with Gasteiger partial charge >= 0.3 is 6.03 Å². The minimum Gasteiger partial charge on any atom is -0.495 e. The standard InChI is InChI=1S/C15H21N3O3/c1-21-13-7-3-2-6-12(13)17-15(20)16-9-5-11-18-10-4-8-14(18)19/h2-3,6-7H,4-5,8-11H2,1H3,(H2,16,17,20). The lowest BCUT2D eigenvalue weighted by molar-refractivity contribution is -0.127. The molecule has 0 bridgehead atoms. The lowest BCUT2D eigenvalue weighted by Crippen LogP contribution is -2.33. The zero-order chi connectivity index (χ0) is 15.1. The molecule has 2 N–H and O–H groups in total. The summed E-state index contributed by atoms with van der Waals surface area (Å²) in [5.41, 5.74) is 0.632. The minimum atomic E-state index is -0.271. The molecule has 1 fully saturated rings. The number of carbonyl (C=O) groups excluding carboxylic acids is 2. The van der Waals surface area contributed by atoms with Gasteiger partial charge in [0.2, 0.25) is 5.91 Å². The van der Waals surface area contributed by atoms with Gasteiger partial charge in [0.25, 0.3) is 0 Å². The number of ether oxygens (including phenoxy) is 1. The van der Waals surface area contributed by atoms with Crippen molar-refractivity contribution in [2.45, 2.75) is 19.3 Å². The van der Waals surface area contributed by atoms with Crippen LogP contribution in [0.1, 0.15) is 19.3 Å². The number of amides is 3. The van der Waals surface area contributed by atoms with Crippen molar-refractivity contribution in [1.29, 1.82) is 0 Å². The van der Waals surface area contributed by atoms with E-state index in [9.17, 15) is 9.59 Å². The smallest absolute Gasteiger partial charge is 0.319 e. The van der Waals surface area contributed by atoms with Gasteiger partial charge in [-0.25, -0.2) is 4.79 Å². The molecule has 6 heteroatoms. The van der Waals surface area contributed by atoms with Crippen LogP contribution in [0.3, 0.4) is 0 Å². The van der Waals surface area contributed by atoms with Gasteiger partial charge in [-0.3, -0.25) is 4.79 Å². The molecule has 3 amide bonds. The summed E-state index contributed by atoms with van der Waals surface area (Å²) in [5.74, 6) is 0.837. The van der Waals surface area contributed by atoms with Gasteiger partial charge in [0.05, 0.1) is 12.8 Å². The molecule has 0 aliphatic carbocycles.